The number of cyclic esters (lactones) is 1. The number of hydrogen-bond donors (Lipinski definition) is 2. The molecule has 1 aliphatic rings. The fourth-order valence-electron chi connectivity index (χ4n) is 2.40. The van der Waals surface area contributed by atoms with Crippen molar-refractivity contribution in [2.75, 3.05) is 0 Å². The highest BCUT2D eigenvalue weighted by Crippen LogP contribution is 2.29. The molecule has 0 aliphatic carbocycles. The molecule has 0 amide bonds. The third kappa shape index (κ3) is 4.21. The number of rotatable bonds is 7. The zero-order valence-corrected chi connectivity index (χ0v) is 12.8. The molecular formula is C18H22O4. The second-order valence-electron chi connectivity index (χ2n) is 5.40. The van der Waals surface area contributed by atoms with Crippen molar-refractivity contribution in [2.45, 2.75) is 45.3 Å². The lowest BCUT2D eigenvalue weighted by Gasteiger charge is -2.10. The number of phenols is 1. The fourth-order valence-corrected chi connectivity index (χ4v) is 2.40. The van der Waals surface area contributed by atoms with Crippen LogP contribution < -0.4 is 0 Å². The van der Waals surface area contributed by atoms with Crippen molar-refractivity contribution in [3.63, 3.8) is 0 Å². The minimum atomic E-state index is -1.23. The van der Waals surface area contributed by atoms with Gasteiger partial charge in [-0.15, -0.1) is 0 Å². The summed E-state index contributed by atoms with van der Waals surface area (Å²) in [5.74, 6) is -0.338. The lowest BCUT2D eigenvalue weighted by molar-refractivity contribution is -0.149. The van der Waals surface area contributed by atoms with Crippen molar-refractivity contribution in [3.05, 3.63) is 47.6 Å². The predicted molar refractivity (Wildman–Crippen MR) is 85.2 cm³/mol. The Kier molecular flexibility index (Phi) is 5.78. The van der Waals surface area contributed by atoms with Crippen LogP contribution in [0.1, 0.15) is 43.7 Å². The number of benzene rings is 1. The molecule has 1 aliphatic heterocycles. The second kappa shape index (κ2) is 7.80. The van der Waals surface area contributed by atoms with Crippen LogP contribution in [-0.2, 0) is 16.0 Å². The molecule has 0 bridgehead atoms. The van der Waals surface area contributed by atoms with Gasteiger partial charge >= 0.3 is 5.97 Å². The average Bonchev–Trinajstić information content (AvgIpc) is 2.83. The fraction of sp³-hybridized carbons (Fsp3) is 0.389. The van der Waals surface area contributed by atoms with E-state index >= 15 is 0 Å². The van der Waals surface area contributed by atoms with Crippen molar-refractivity contribution >= 4 is 11.5 Å². The van der Waals surface area contributed by atoms with Crippen LogP contribution in [0.15, 0.2) is 36.4 Å². The highest BCUT2D eigenvalue weighted by atomic mass is 16.6. The molecule has 1 aromatic rings. The first-order chi connectivity index (χ1) is 10.6. The third-order valence-electron chi connectivity index (χ3n) is 3.66. The van der Waals surface area contributed by atoms with Crippen LogP contribution in [-0.4, -0.2) is 22.5 Å². The van der Waals surface area contributed by atoms with E-state index in [0.717, 1.165) is 12.0 Å². The number of phenolic OH excluding ortho intramolecular Hbond substituents is 1. The van der Waals surface area contributed by atoms with Gasteiger partial charge in [-0.3, -0.25) is 0 Å². The van der Waals surface area contributed by atoms with Gasteiger partial charge in [0.05, 0.1) is 0 Å². The number of esters is 1. The molecule has 2 rings (SSSR count). The molecule has 4 heteroatoms. The summed E-state index contributed by atoms with van der Waals surface area (Å²) >= 11 is 0. The molecule has 118 valence electrons. The highest BCUT2D eigenvalue weighted by Gasteiger charge is 2.25. The van der Waals surface area contributed by atoms with Gasteiger partial charge in [0.2, 0.25) is 6.29 Å². The number of allylic oxidation sites excluding steroid dienone is 2. The maximum Gasteiger partial charge on any atom is 0.333 e. The molecule has 1 unspecified atom stereocenters. The van der Waals surface area contributed by atoms with Crippen LogP contribution in [0.3, 0.4) is 0 Å². The van der Waals surface area contributed by atoms with Gasteiger partial charge in [-0.2, -0.15) is 0 Å². The SMILES string of the molecule is CCCCC/C=C/Cc1cc(C2=CC(=O)OC2O)ccc1O. The van der Waals surface area contributed by atoms with Gasteiger partial charge in [0.25, 0.3) is 0 Å². The largest absolute Gasteiger partial charge is 0.508 e. The second-order valence-corrected chi connectivity index (χ2v) is 5.40. The Morgan fingerprint density at radius 1 is 1.27 bits per heavy atom. The lowest BCUT2D eigenvalue weighted by Crippen LogP contribution is -2.09. The van der Waals surface area contributed by atoms with Gasteiger partial charge in [-0.25, -0.2) is 4.79 Å². The Morgan fingerprint density at radius 2 is 2.09 bits per heavy atom. The highest BCUT2D eigenvalue weighted by molar-refractivity contribution is 5.96. The average molecular weight is 302 g/mol. The molecule has 1 aromatic carbocycles. The van der Waals surface area contributed by atoms with Crippen LogP contribution in [0.2, 0.25) is 0 Å². The summed E-state index contributed by atoms with van der Waals surface area (Å²) in [6.45, 7) is 2.17. The van der Waals surface area contributed by atoms with Crippen LogP contribution in [0, 0.1) is 0 Å². The Labute approximate surface area is 130 Å². The lowest BCUT2D eigenvalue weighted by atomic mass is 10.0. The number of carbonyl (C=O) groups is 1. The summed E-state index contributed by atoms with van der Waals surface area (Å²) in [6, 6.07) is 5.02. The third-order valence-corrected chi connectivity index (χ3v) is 3.66. The summed E-state index contributed by atoms with van der Waals surface area (Å²) in [4.78, 5) is 11.2. The van der Waals surface area contributed by atoms with Gasteiger partial charge in [0.15, 0.2) is 0 Å². The molecule has 0 fully saturated rings. The van der Waals surface area contributed by atoms with Crippen LogP contribution in [0.4, 0.5) is 0 Å². The Balaban J connectivity index is 2.04. The van der Waals surface area contributed by atoms with E-state index in [1.807, 2.05) is 6.08 Å². The number of carbonyl (C=O) groups excluding carboxylic acids is 1. The van der Waals surface area contributed by atoms with E-state index in [0.29, 0.717) is 17.6 Å². The van der Waals surface area contributed by atoms with E-state index in [4.69, 9.17) is 0 Å². The summed E-state index contributed by atoms with van der Waals surface area (Å²) in [6.07, 6.45) is 9.48. The quantitative estimate of drug-likeness (QED) is 0.460. The first kappa shape index (κ1) is 16.3. The Bertz CT molecular complexity index is 587. The van der Waals surface area contributed by atoms with Crippen LogP contribution >= 0.6 is 0 Å². The molecule has 1 heterocycles. The van der Waals surface area contributed by atoms with E-state index < -0.39 is 12.3 Å². The summed E-state index contributed by atoms with van der Waals surface area (Å²) in [5.41, 5.74) is 1.88. The minimum absolute atomic E-state index is 0.210. The summed E-state index contributed by atoms with van der Waals surface area (Å²) in [5, 5.41) is 19.6. The van der Waals surface area contributed by atoms with Crippen molar-refractivity contribution in [2.24, 2.45) is 0 Å². The normalized spacial score (nSPS) is 17.8. The number of ether oxygens (including phenoxy) is 1. The van der Waals surface area contributed by atoms with E-state index in [1.54, 1.807) is 18.2 Å². The molecule has 0 saturated heterocycles. The van der Waals surface area contributed by atoms with E-state index in [2.05, 4.69) is 17.7 Å². The molecule has 2 N–H and O–H groups in total. The Morgan fingerprint density at radius 3 is 2.77 bits per heavy atom. The predicted octanol–water partition coefficient (Wildman–Crippen LogP) is 3.33. The zero-order chi connectivity index (χ0) is 15.9. The number of hydrogen-bond acceptors (Lipinski definition) is 4. The number of aliphatic hydroxyl groups excluding tert-OH is 1. The smallest absolute Gasteiger partial charge is 0.333 e. The molecular weight excluding hydrogens is 280 g/mol. The van der Waals surface area contributed by atoms with Gasteiger partial charge in [0.1, 0.15) is 5.75 Å². The van der Waals surface area contributed by atoms with Crippen molar-refractivity contribution < 1.29 is 19.7 Å². The van der Waals surface area contributed by atoms with Gasteiger partial charge in [-0.05, 0) is 42.5 Å². The summed E-state index contributed by atoms with van der Waals surface area (Å²) in [7, 11) is 0. The molecule has 1 atom stereocenters. The first-order valence-electron chi connectivity index (χ1n) is 7.69. The molecule has 22 heavy (non-hydrogen) atoms. The monoisotopic (exact) mass is 302 g/mol. The van der Waals surface area contributed by atoms with E-state index in [-0.39, 0.29) is 5.75 Å². The summed E-state index contributed by atoms with van der Waals surface area (Å²) < 4.78 is 4.68. The molecule has 0 aromatic heterocycles. The molecule has 0 spiro atoms. The first-order valence-corrected chi connectivity index (χ1v) is 7.69. The standard InChI is InChI=1S/C18H22O4/c1-2-3-4-5-6-7-8-14-11-13(9-10-16(14)19)15-12-17(20)22-18(15)21/h6-7,9-12,18-19,21H,2-5,8H2,1H3/b7-6+. The molecule has 0 radical (unpaired) electrons. The molecule has 0 saturated carbocycles. The van der Waals surface area contributed by atoms with Gasteiger partial charge in [-0.1, -0.05) is 38.0 Å². The van der Waals surface area contributed by atoms with Crippen molar-refractivity contribution in [1.82, 2.24) is 0 Å². The maximum absolute atomic E-state index is 11.2. The zero-order valence-electron chi connectivity index (χ0n) is 12.8. The topological polar surface area (TPSA) is 66.8 Å². The van der Waals surface area contributed by atoms with Gasteiger partial charge in [0, 0.05) is 11.6 Å². The van der Waals surface area contributed by atoms with Crippen LogP contribution in [0.25, 0.3) is 5.57 Å². The van der Waals surface area contributed by atoms with Crippen molar-refractivity contribution in [3.8, 4) is 5.75 Å². The Hall–Kier alpha value is -2.07. The number of unbranched alkanes of at least 4 members (excludes halogenated alkanes) is 3. The number of aliphatic hydroxyl groups is 1. The molecule has 4 nitrogen and oxygen atoms in total. The number of aromatic hydroxyl groups is 1. The minimum Gasteiger partial charge on any atom is -0.508 e. The maximum atomic E-state index is 11.2. The van der Waals surface area contributed by atoms with Gasteiger partial charge < -0.3 is 14.9 Å². The van der Waals surface area contributed by atoms with Crippen LogP contribution in [0.5, 0.6) is 5.75 Å². The van der Waals surface area contributed by atoms with Crippen molar-refractivity contribution in [1.29, 1.82) is 0 Å². The van der Waals surface area contributed by atoms with E-state index in [9.17, 15) is 15.0 Å². The van der Waals surface area contributed by atoms with E-state index in [1.165, 1.54) is 25.3 Å².